The summed E-state index contributed by atoms with van der Waals surface area (Å²) in [5, 5.41) is 6.32. The van der Waals surface area contributed by atoms with Crippen LogP contribution in [0.15, 0.2) is 6.20 Å². The lowest BCUT2D eigenvalue weighted by atomic mass is 10.5. The number of ether oxygens (including phenoxy) is 1. The number of anilines is 1. The van der Waals surface area contributed by atoms with Crippen LogP contribution in [-0.4, -0.2) is 28.3 Å². The summed E-state index contributed by atoms with van der Waals surface area (Å²) >= 11 is 5.77. The van der Waals surface area contributed by atoms with Crippen molar-refractivity contribution in [2.24, 2.45) is 7.05 Å². The number of aromatic nitrogens is 2. The van der Waals surface area contributed by atoms with Crippen LogP contribution in [0.4, 0.5) is 5.69 Å². The van der Waals surface area contributed by atoms with Gasteiger partial charge in [-0.1, -0.05) is 11.6 Å². The van der Waals surface area contributed by atoms with Crippen molar-refractivity contribution in [1.29, 1.82) is 0 Å². The molecular formula is C8H10ClN3O3. The zero-order chi connectivity index (χ0) is 11.4. The van der Waals surface area contributed by atoms with Gasteiger partial charge in [0, 0.05) is 7.05 Å². The lowest BCUT2D eigenvalue weighted by Gasteiger charge is -2.02. The molecule has 0 aliphatic carbocycles. The minimum Gasteiger partial charge on any atom is -0.459 e. The van der Waals surface area contributed by atoms with Gasteiger partial charge in [-0.2, -0.15) is 5.10 Å². The highest BCUT2D eigenvalue weighted by molar-refractivity contribution is 6.39. The Labute approximate surface area is 91.2 Å². The Balaban J connectivity index is 2.66. The molecule has 0 aliphatic rings. The molecule has 0 saturated carbocycles. The first kappa shape index (κ1) is 11.5. The van der Waals surface area contributed by atoms with E-state index in [9.17, 15) is 9.59 Å². The van der Waals surface area contributed by atoms with Crippen molar-refractivity contribution in [3.8, 4) is 0 Å². The highest BCUT2D eigenvalue weighted by atomic mass is 35.5. The Bertz CT molecular complexity index is 388. The average molecular weight is 232 g/mol. The van der Waals surface area contributed by atoms with Gasteiger partial charge >= 0.3 is 11.9 Å². The zero-order valence-electron chi connectivity index (χ0n) is 8.28. The molecule has 0 aromatic carbocycles. The predicted octanol–water partition coefficient (Wildman–Crippen LogP) is 0.575. The molecule has 1 aromatic heterocycles. The second-order valence-corrected chi connectivity index (χ2v) is 3.01. The minimum absolute atomic E-state index is 0.146. The molecule has 0 saturated heterocycles. The van der Waals surface area contributed by atoms with Crippen LogP contribution in [-0.2, 0) is 21.4 Å². The van der Waals surface area contributed by atoms with Crippen molar-refractivity contribution in [2.45, 2.75) is 6.92 Å². The molecule has 0 atom stereocenters. The first-order valence-electron chi connectivity index (χ1n) is 4.21. The maximum Gasteiger partial charge on any atom is 0.397 e. The maximum atomic E-state index is 11.2. The molecule has 1 N–H and O–H groups in total. The topological polar surface area (TPSA) is 73.2 Å². The SMILES string of the molecule is CCOC(=O)C(=O)Nc1cnn(C)c1Cl. The van der Waals surface area contributed by atoms with Gasteiger partial charge in [-0.05, 0) is 6.92 Å². The van der Waals surface area contributed by atoms with Crippen molar-refractivity contribution in [1.82, 2.24) is 9.78 Å². The van der Waals surface area contributed by atoms with Crippen LogP contribution in [0.1, 0.15) is 6.92 Å². The van der Waals surface area contributed by atoms with Crippen LogP contribution in [0.25, 0.3) is 0 Å². The fourth-order valence-corrected chi connectivity index (χ4v) is 1.02. The molecule has 0 fully saturated rings. The van der Waals surface area contributed by atoms with Gasteiger partial charge in [0.05, 0.1) is 18.5 Å². The summed E-state index contributed by atoms with van der Waals surface area (Å²) < 4.78 is 5.86. The van der Waals surface area contributed by atoms with Crippen LogP contribution < -0.4 is 5.32 Å². The number of carbonyl (C=O) groups excluding carboxylic acids is 2. The average Bonchev–Trinajstić information content (AvgIpc) is 2.50. The second-order valence-electron chi connectivity index (χ2n) is 2.65. The van der Waals surface area contributed by atoms with E-state index in [4.69, 9.17) is 11.6 Å². The van der Waals surface area contributed by atoms with E-state index in [2.05, 4.69) is 15.2 Å². The van der Waals surface area contributed by atoms with Gasteiger partial charge in [-0.3, -0.25) is 9.48 Å². The molecule has 7 heteroatoms. The number of aryl methyl sites for hydroxylation is 1. The summed E-state index contributed by atoms with van der Waals surface area (Å²) in [5.74, 6) is -1.82. The molecule has 0 radical (unpaired) electrons. The molecule has 6 nitrogen and oxygen atoms in total. The van der Waals surface area contributed by atoms with Crippen LogP contribution in [0, 0.1) is 0 Å². The van der Waals surface area contributed by atoms with Gasteiger partial charge < -0.3 is 10.1 Å². The lowest BCUT2D eigenvalue weighted by molar-refractivity contribution is -0.152. The Morgan fingerprint density at radius 3 is 2.80 bits per heavy atom. The predicted molar refractivity (Wildman–Crippen MR) is 53.5 cm³/mol. The van der Waals surface area contributed by atoms with Crippen LogP contribution in [0.2, 0.25) is 5.15 Å². The number of hydrogen-bond donors (Lipinski definition) is 1. The lowest BCUT2D eigenvalue weighted by Crippen LogP contribution is -2.24. The monoisotopic (exact) mass is 231 g/mol. The largest absolute Gasteiger partial charge is 0.459 e. The fourth-order valence-electron chi connectivity index (χ4n) is 0.876. The van der Waals surface area contributed by atoms with E-state index >= 15 is 0 Å². The van der Waals surface area contributed by atoms with Crippen molar-refractivity contribution < 1.29 is 14.3 Å². The third-order valence-electron chi connectivity index (χ3n) is 1.58. The van der Waals surface area contributed by atoms with E-state index in [-0.39, 0.29) is 17.4 Å². The number of nitrogens with zero attached hydrogens (tertiary/aromatic N) is 2. The standard InChI is InChI=1S/C8H10ClN3O3/c1-3-15-8(14)7(13)11-5-4-10-12(2)6(5)9/h4H,3H2,1-2H3,(H,11,13). The first-order chi connectivity index (χ1) is 7.06. The summed E-state index contributed by atoms with van der Waals surface area (Å²) in [7, 11) is 1.61. The number of rotatable bonds is 2. The van der Waals surface area contributed by atoms with Gasteiger partial charge in [0.15, 0.2) is 0 Å². The summed E-state index contributed by atoms with van der Waals surface area (Å²) in [6.07, 6.45) is 1.35. The summed E-state index contributed by atoms with van der Waals surface area (Å²) in [4.78, 5) is 22.1. The molecule has 0 bridgehead atoms. The van der Waals surface area contributed by atoms with Crippen LogP contribution >= 0.6 is 11.6 Å². The number of esters is 1. The molecule has 0 unspecified atom stereocenters. The first-order valence-corrected chi connectivity index (χ1v) is 4.59. The van der Waals surface area contributed by atoms with E-state index in [1.165, 1.54) is 10.9 Å². The number of halogens is 1. The van der Waals surface area contributed by atoms with Gasteiger partial charge in [-0.15, -0.1) is 0 Å². The molecule has 15 heavy (non-hydrogen) atoms. The van der Waals surface area contributed by atoms with Crippen molar-refractivity contribution in [2.75, 3.05) is 11.9 Å². The Kier molecular flexibility index (Phi) is 3.68. The zero-order valence-corrected chi connectivity index (χ0v) is 9.04. The molecule has 0 spiro atoms. The molecule has 1 heterocycles. The van der Waals surface area contributed by atoms with E-state index in [1.807, 2.05) is 0 Å². The molecule has 82 valence electrons. The van der Waals surface area contributed by atoms with E-state index in [1.54, 1.807) is 14.0 Å². The van der Waals surface area contributed by atoms with E-state index in [0.29, 0.717) is 0 Å². The van der Waals surface area contributed by atoms with Gasteiger partial charge in [0.1, 0.15) is 5.15 Å². The smallest absolute Gasteiger partial charge is 0.397 e. The van der Waals surface area contributed by atoms with E-state index in [0.717, 1.165) is 0 Å². The Morgan fingerprint density at radius 2 is 2.33 bits per heavy atom. The normalized spacial score (nSPS) is 9.80. The molecule has 1 amide bonds. The molecule has 0 aliphatic heterocycles. The van der Waals surface area contributed by atoms with Gasteiger partial charge in [0.25, 0.3) is 0 Å². The minimum atomic E-state index is -0.947. The summed E-state index contributed by atoms with van der Waals surface area (Å²) in [5.41, 5.74) is 0.275. The third kappa shape index (κ3) is 2.69. The summed E-state index contributed by atoms with van der Waals surface area (Å²) in [6, 6.07) is 0. The maximum absolute atomic E-state index is 11.2. The quantitative estimate of drug-likeness (QED) is 0.597. The third-order valence-corrected chi connectivity index (χ3v) is 2.02. The van der Waals surface area contributed by atoms with E-state index < -0.39 is 11.9 Å². The van der Waals surface area contributed by atoms with Crippen molar-refractivity contribution in [3.05, 3.63) is 11.3 Å². The highest BCUT2D eigenvalue weighted by Crippen LogP contribution is 2.19. The fraction of sp³-hybridized carbons (Fsp3) is 0.375. The Hall–Kier alpha value is -1.56. The molecule has 1 rings (SSSR count). The number of hydrogen-bond acceptors (Lipinski definition) is 4. The Morgan fingerprint density at radius 1 is 1.67 bits per heavy atom. The highest BCUT2D eigenvalue weighted by Gasteiger charge is 2.17. The van der Waals surface area contributed by atoms with Gasteiger partial charge in [0.2, 0.25) is 0 Å². The number of carbonyl (C=O) groups is 2. The van der Waals surface area contributed by atoms with Crippen molar-refractivity contribution >= 4 is 29.2 Å². The second kappa shape index (κ2) is 4.79. The van der Waals surface area contributed by atoms with Crippen LogP contribution in [0.5, 0.6) is 0 Å². The molecule has 1 aromatic rings. The van der Waals surface area contributed by atoms with Gasteiger partial charge in [-0.25, -0.2) is 4.79 Å². The number of nitrogens with one attached hydrogen (secondary N) is 1. The van der Waals surface area contributed by atoms with Crippen LogP contribution in [0.3, 0.4) is 0 Å². The molecular weight excluding hydrogens is 222 g/mol. The number of amides is 1. The van der Waals surface area contributed by atoms with Crippen molar-refractivity contribution in [3.63, 3.8) is 0 Å². The summed E-state index contributed by atoms with van der Waals surface area (Å²) in [6.45, 7) is 1.76.